The highest BCUT2D eigenvalue weighted by molar-refractivity contribution is 7.89. The molecule has 152 valence electrons. The van der Waals surface area contributed by atoms with E-state index in [9.17, 15) is 18.0 Å². The van der Waals surface area contributed by atoms with Crippen LogP contribution in [0, 0.1) is 12.8 Å². The summed E-state index contributed by atoms with van der Waals surface area (Å²) in [6, 6.07) is 3.91. The van der Waals surface area contributed by atoms with Crippen LogP contribution in [0.15, 0.2) is 23.1 Å². The second-order valence-electron chi connectivity index (χ2n) is 7.87. The first-order valence-corrected chi connectivity index (χ1v) is 10.2. The lowest BCUT2D eigenvalue weighted by molar-refractivity contribution is -0.125. The predicted octanol–water partition coefficient (Wildman–Crippen LogP) is 1.11. The lowest BCUT2D eigenvalue weighted by Gasteiger charge is -2.21. The summed E-state index contributed by atoms with van der Waals surface area (Å²) in [5.74, 6) is -0.940. The van der Waals surface area contributed by atoms with Gasteiger partial charge in [-0.1, -0.05) is 19.9 Å². The molecule has 0 aliphatic heterocycles. The smallest absolute Gasteiger partial charge is 0.243 e. The zero-order chi connectivity index (χ0) is 21.0. The van der Waals surface area contributed by atoms with Gasteiger partial charge in [-0.25, -0.2) is 13.1 Å². The molecule has 0 spiro atoms. The van der Waals surface area contributed by atoms with Crippen molar-refractivity contribution in [3.05, 3.63) is 23.8 Å². The second kappa shape index (κ2) is 8.81. The van der Waals surface area contributed by atoms with Crippen molar-refractivity contribution in [3.8, 4) is 0 Å². The molecule has 0 saturated heterocycles. The Kier molecular flexibility index (Phi) is 7.53. The van der Waals surface area contributed by atoms with E-state index >= 15 is 0 Å². The summed E-state index contributed by atoms with van der Waals surface area (Å²) in [4.78, 5) is 23.9. The van der Waals surface area contributed by atoms with E-state index in [1.807, 2.05) is 13.8 Å². The van der Waals surface area contributed by atoms with Gasteiger partial charge in [0.25, 0.3) is 0 Å². The third-order valence-corrected chi connectivity index (χ3v) is 5.55. The Balaban J connectivity index is 2.86. The van der Waals surface area contributed by atoms with Crippen molar-refractivity contribution in [1.82, 2.24) is 10.0 Å². The van der Waals surface area contributed by atoms with Crippen LogP contribution in [0.5, 0.6) is 0 Å². The third-order valence-electron chi connectivity index (χ3n) is 3.65. The highest BCUT2D eigenvalue weighted by atomic mass is 32.2. The molecule has 0 aromatic heterocycles. The Hall–Kier alpha value is -1.97. The molecule has 1 aromatic carbocycles. The molecule has 1 rings (SSSR count). The normalized spacial score (nSPS) is 13.3. The fraction of sp³-hybridized carbons (Fsp3) is 0.556. The van der Waals surface area contributed by atoms with Gasteiger partial charge >= 0.3 is 0 Å². The average Bonchev–Trinajstić information content (AvgIpc) is 2.51. The number of carbonyl (C=O) groups excluding carboxylic acids is 2. The highest BCUT2D eigenvalue weighted by Gasteiger charge is 2.24. The molecule has 0 bridgehead atoms. The Morgan fingerprint density at radius 1 is 1.19 bits per heavy atom. The van der Waals surface area contributed by atoms with Crippen molar-refractivity contribution >= 4 is 27.5 Å². The summed E-state index contributed by atoms with van der Waals surface area (Å²) in [6.45, 7) is 10.3. The first-order valence-electron chi connectivity index (χ1n) is 8.71. The van der Waals surface area contributed by atoms with Crippen molar-refractivity contribution < 1.29 is 18.0 Å². The summed E-state index contributed by atoms with van der Waals surface area (Å²) in [5.41, 5.74) is 5.96. The Labute approximate surface area is 161 Å². The number of benzene rings is 1. The molecule has 0 radical (unpaired) electrons. The van der Waals surface area contributed by atoms with E-state index in [1.165, 1.54) is 6.07 Å². The number of aryl methyl sites for hydroxylation is 1. The fourth-order valence-electron chi connectivity index (χ4n) is 2.22. The monoisotopic (exact) mass is 398 g/mol. The van der Waals surface area contributed by atoms with E-state index in [0.29, 0.717) is 11.3 Å². The molecule has 8 nitrogen and oxygen atoms in total. The minimum atomic E-state index is -3.74. The Morgan fingerprint density at radius 3 is 2.30 bits per heavy atom. The standard InChI is InChI=1S/C18H30N4O4S/c1-11(2)16(19)17(24)20-10-15(23)21-13-8-7-12(3)14(9-13)27(25,26)22-18(4,5)6/h7-9,11,16,22H,10,19H2,1-6H3,(H,20,24)(H,21,23)/t16-/m0/s1. The quantitative estimate of drug-likeness (QED) is 0.546. The van der Waals surface area contributed by atoms with Gasteiger partial charge in [-0.05, 0) is 51.3 Å². The molecular weight excluding hydrogens is 368 g/mol. The zero-order valence-corrected chi connectivity index (χ0v) is 17.5. The summed E-state index contributed by atoms with van der Waals surface area (Å²) in [7, 11) is -3.74. The lowest BCUT2D eigenvalue weighted by atomic mass is 10.1. The van der Waals surface area contributed by atoms with Crippen LogP contribution >= 0.6 is 0 Å². The molecule has 0 saturated carbocycles. The van der Waals surface area contributed by atoms with Crippen molar-refractivity contribution in [2.24, 2.45) is 11.7 Å². The summed E-state index contributed by atoms with van der Waals surface area (Å²) < 4.78 is 27.7. The first kappa shape index (κ1) is 23.1. The number of anilines is 1. The minimum Gasteiger partial charge on any atom is -0.346 e. The number of nitrogens with two attached hydrogens (primary N) is 1. The van der Waals surface area contributed by atoms with Crippen LogP contribution in [-0.4, -0.2) is 38.4 Å². The average molecular weight is 399 g/mol. The molecule has 0 aliphatic carbocycles. The van der Waals surface area contributed by atoms with Crippen molar-refractivity contribution in [1.29, 1.82) is 0 Å². The van der Waals surface area contributed by atoms with Crippen LogP contribution in [0.25, 0.3) is 0 Å². The lowest BCUT2D eigenvalue weighted by Crippen LogP contribution is -2.46. The molecule has 1 aromatic rings. The van der Waals surface area contributed by atoms with Gasteiger partial charge < -0.3 is 16.4 Å². The molecule has 9 heteroatoms. The summed E-state index contributed by atoms with van der Waals surface area (Å²) >= 11 is 0. The molecule has 0 aliphatic rings. The Morgan fingerprint density at radius 2 is 1.78 bits per heavy atom. The highest BCUT2D eigenvalue weighted by Crippen LogP contribution is 2.21. The van der Waals surface area contributed by atoms with E-state index in [4.69, 9.17) is 5.73 Å². The third kappa shape index (κ3) is 7.28. The van der Waals surface area contributed by atoms with Crippen LogP contribution in [0.3, 0.4) is 0 Å². The number of nitrogens with one attached hydrogen (secondary N) is 3. The van der Waals surface area contributed by atoms with Crippen LogP contribution in [0.2, 0.25) is 0 Å². The molecule has 2 amide bonds. The van der Waals surface area contributed by atoms with Gasteiger partial charge in [-0.2, -0.15) is 0 Å². The van der Waals surface area contributed by atoms with Gasteiger partial charge in [0.05, 0.1) is 17.5 Å². The second-order valence-corrected chi connectivity index (χ2v) is 9.52. The van der Waals surface area contributed by atoms with Crippen molar-refractivity contribution in [3.63, 3.8) is 0 Å². The molecule has 0 unspecified atom stereocenters. The summed E-state index contributed by atoms with van der Waals surface area (Å²) in [5, 5.41) is 5.05. The van der Waals surface area contributed by atoms with E-state index in [1.54, 1.807) is 39.8 Å². The molecule has 1 atom stereocenters. The number of hydrogen-bond donors (Lipinski definition) is 4. The maximum atomic E-state index is 12.6. The number of amides is 2. The largest absolute Gasteiger partial charge is 0.346 e. The number of carbonyl (C=O) groups is 2. The zero-order valence-electron chi connectivity index (χ0n) is 16.7. The van der Waals surface area contributed by atoms with Crippen molar-refractivity contribution in [2.75, 3.05) is 11.9 Å². The van der Waals surface area contributed by atoms with Gasteiger partial charge in [0.1, 0.15) is 0 Å². The molecule has 0 heterocycles. The number of sulfonamides is 1. The van der Waals surface area contributed by atoms with Crippen LogP contribution in [-0.2, 0) is 19.6 Å². The van der Waals surface area contributed by atoms with E-state index < -0.39 is 33.4 Å². The first-order chi connectivity index (χ1) is 12.2. The molecule has 0 fully saturated rings. The van der Waals surface area contributed by atoms with Crippen LogP contribution in [0.1, 0.15) is 40.2 Å². The molecule has 5 N–H and O–H groups in total. The fourth-order valence-corrected chi connectivity index (χ4v) is 3.91. The maximum Gasteiger partial charge on any atom is 0.243 e. The van der Waals surface area contributed by atoms with E-state index in [-0.39, 0.29) is 17.4 Å². The molecular formula is C18H30N4O4S. The maximum absolute atomic E-state index is 12.6. The Bertz CT molecular complexity index is 798. The van der Waals surface area contributed by atoms with Gasteiger partial charge in [-0.3, -0.25) is 9.59 Å². The van der Waals surface area contributed by atoms with E-state index in [2.05, 4.69) is 15.4 Å². The number of hydrogen-bond acceptors (Lipinski definition) is 5. The summed E-state index contributed by atoms with van der Waals surface area (Å²) in [6.07, 6.45) is 0. The minimum absolute atomic E-state index is 0.0479. The van der Waals surface area contributed by atoms with Crippen molar-refractivity contribution in [2.45, 2.75) is 58.0 Å². The SMILES string of the molecule is Cc1ccc(NC(=O)CNC(=O)[C@@H](N)C(C)C)cc1S(=O)(=O)NC(C)(C)C. The topological polar surface area (TPSA) is 130 Å². The van der Waals surface area contributed by atoms with Crippen LogP contribution in [0.4, 0.5) is 5.69 Å². The van der Waals surface area contributed by atoms with Gasteiger partial charge in [-0.15, -0.1) is 0 Å². The number of rotatable bonds is 7. The molecule has 27 heavy (non-hydrogen) atoms. The van der Waals surface area contributed by atoms with Gasteiger partial charge in [0, 0.05) is 11.2 Å². The van der Waals surface area contributed by atoms with E-state index in [0.717, 1.165) is 0 Å². The van der Waals surface area contributed by atoms with Crippen LogP contribution < -0.4 is 21.1 Å². The van der Waals surface area contributed by atoms with Gasteiger partial charge in [0.2, 0.25) is 21.8 Å². The predicted molar refractivity (Wildman–Crippen MR) is 106 cm³/mol. The van der Waals surface area contributed by atoms with Gasteiger partial charge in [0.15, 0.2) is 0 Å².